The van der Waals surface area contributed by atoms with Gasteiger partial charge in [0, 0.05) is 31.8 Å². The molecule has 0 aliphatic rings. The summed E-state index contributed by atoms with van der Waals surface area (Å²) in [4.78, 5) is 34.1. The van der Waals surface area contributed by atoms with Gasteiger partial charge in [-0.05, 0) is 30.7 Å². The third-order valence-corrected chi connectivity index (χ3v) is 4.96. The maximum Gasteiger partial charge on any atom is 0.311 e. The predicted molar refractivity (Wildman–Crippen MR) is 128 cm³/mol. The molecule has 3 aromatic carbocycles. The van der Waals surface area contributed by atoms with Gasteiger partial charge in [0.05, 0.1) is 21.6 Å². The van der Waals surface area contributed by atoms with Crippen LogP contribution in [0.5, 0.6) is 0 Å². The van der Waals surface area contributed by atoms with Crippen LogP contribution in [0.1, 0.15) is 19.4 Å². The second-order valence-electron chi connectivity index (χ2n) is 7.39. The number of amides is 1. The van der Waals surface area contributed by atoms with Gasteiger partial charge in [0.15, 0.2) is 5.69 Å². The number of azo groups is 1. The van der Waals surface area contributed by atoms with Crippen molar-refractivity contribution in [3.8, 4) is 0 Å². The van der Waals surface area contributed by atoms with Gasteiger partial charge < -0.3 is 10.2 Å². The Labute approximate surface area is 199 Å². The summed E-state index contributed by atoms with van der Waals surface area (Å²) in [6.45, 7) is 4.58. The lowest BCUT2D eigenvalue weighted by atomic mass is 10.1. The molecule has 0 aliphatic carbocycles. The molecule has 0 fully saturated rings. The lowest BCUT2D eigenvalue weighted by molar-refractivity contribution is -0.395. The normalized spacial score (nSPS) is 10.8. The van der Waals surface area contributed by atoms with E-state index in [1.807, 2.05) is 37.3 Å². The summed E-state index contributed by atoms with van der Waals surface area (Å²) in [6.07, 6.45) is 0. The van der Waals surface area contributed by atoms with Gasteiger partial charge in [-0.1, -0.05) is 30.3 Å². The van der Waals surface area contributed by atoms with Crippen molar-refractivity contribution in [2.24, 2.45) is 10.2 Å². The second-order valence-corrected chi connectivity index (χ2v) is 7.39. The number of halogens is 1. The molecule has 3 rings (SSSR count). The number of carbonyl (C=O) groups is 1. The van der Waals surface area contributed by atoms with E-state index in [4.69, 9.17) is 0 Å². The van der Waals surface area contributed by atoms with E-state index >= 15 is 0 Å². The molecule has 1 amide bonds. The molecular formula is C23H21FN6O5. The SMILES string of the molecule is CCN(Cc1ccccc1)c1ccc(/N=N/c2cc(F)c([N+](=O)[O-])cc2[N+](=O)[O-])c(NC(C)=O)c1. The maximum absolute atomic E-state index is 14.1. The number of nitro groups is 2. The Balaban J connectivity index is 1.99. The summed E-state index contributed by atoms with van der Waals surface area (Å²) in [5.74, 6) is -1.66. The molecule has 0 radical (unpaired) electrons. The highest BCUT2D eigenvalue weighted by Gasteiger charge is 2.25. The van der Waals surface area contributed by atoms with Crippen molar-refractivity contribution in [2.75, 3.05) is 16.8 Å². The Morgan fingerprint density at radius 1 is 0.971 bits per heavy atom. The number of carbonyl (C=O) groups excluding carboxylic acids is 1. The van der Waals surface area contributed by atoms with Gasteiger partial charge in [0.25, 0.3) is 0 Å². The molecule has 0 aromatic heterocycles. The van der Waals surface area contributed by atoms with Crippen LogP contribution in [0.15, 0.2) is 70.9 Å². The van der Waals surface area contributed by atoms with Crippen LogP contribution >= 0.6 is 0 Å². The largest absolute Gasteiger partial charge is 0.367 e. The summed E-state index contributed by atoms with van der Waals surface area (Å²) in [6, 6.07) is 15.9. The van der Waals surface area contributed by atoms with Gasteiger partial charge in [-0.3, -0.25) is 25.0 Å². The van der Waals surface area contributed by atoms with Crippen molar-refractivity contribution in [2.45, 2.75) is 20.4 Å². The summed E-state index contributed by atoms with van der Waals surface area (Å²) in [5.41, 5.74) is -0.00650. The molecule has 11 nitrogen and oxygen atoms in total. The number of benzene rings is 3. The fourth-order valence-corrected chi connectivity index (χ4v) is 3.30. The molecule has 180 valence electrons. The minimum Gasteiger partial charge on any atom is -0.367 e. The molecule has 12 heteroatoms. The second kappa shape index (κ2) is 10.9. The highest BCUT2D eigenvalue weighted by Crippen LogP contribution is 2.37. The first-order valence-corrected chi connectivity index (χ1v) is 10.4. The number of nitrogens with one attached hydrogen (secondary N) is 1. The lowest BCUT2D eigenvalue weighted by Crippen LogP contribution is -2.22. The number of rotatable bonds is 9. The smallest absolute Gasteiger partial charge is 0.311 e. The van der Waals surface area contributed by atoms with Crippen LogP contribution in [-0.4, -0.2) is 22.3 Å². The molecular weight excluding hydrogens is 459 g/mol. The number of anilines is 2. The van der Waals surface area contributed by atoms with E-state index < -0.39 is 32.7 Å². The van der Waals surface area contributed by atoms with Crippen LogP contribution in [0, 0.1) is 26.0 Å². The monoisotopic (exact) mass is 480 g/mol. The zero-order chi connectivity index (χ0) is 25.5. The Morgan fingerprint density at radius 2 is 1.63 bits per heavy atom. The lowest BCUT2D eigenvalue weighted by Gasteiger charge is -2.24. The first kappa shape index (κ1) is 24.9. The van der Waals surface area contributed by atoms with Crippen LogP contribution in [0.4, 0.5) is 38.5 Å². The molecule has 3 aromatic rings. The standard InChI is InChI=1S/C23H21FN6O5/c1-3-28(14-16-7-5-4-6-8-16)17-9-10-19(20(11-17)25-15(2)31)26-27-21-12-18(24)22(29(32)33)13-23(21)30(34)35/h4-13H,3,14H2,1-2H3,(H,25,31)/b27-26+. The summed E-state index contributed by atoms with van der Waals surface area (Å²) >= 11 is 0. The molecule has 35 heavy (non-hydrogen) atoms. The van der Waals surface area contributed by atoms with Gasteiger partial charge in [-0.25, -0.2) is 0 Å². The molecule has 1 N–H and O–H groups in total. The number of nitrogens with zero attached hydrogens (tertiary/aromatic N) is 5. The Kier molecular flexibility index (Phi) is 7.77. The summed E-state index contributed by atoms with van der Waals surface area (Å²) < 4.78 is 14.1. The van der Waals surface area contributed by atoms with Crippen molar-refractivity contribution in [1.82, 2.24) is 0 Å². The zero-order valence-electron chi connectivity index (χ0n) is 18.8. The van der Waals surface area contributed by atoms with Crippen LogP contribution < -0.4 is 10.2 Å². The highest BCUT2D eigenvalue weighted by atomic mass is 19.1. The van der Waals surface area contributed by atoms with Crippen molar-refractivity contribution >= 4 is 40.0 Å². The number of nitro benzene ring substituents is 2. The van der Waals surface area contributed by atoms with E-state index in [-0.39, 0.29) is 17.3 Å². The van der Waals surface area contributed by atoms with E-state index in [0.717, 1.165) is 11.3 Å². The Morgan fingerprint density at radius 3 is 2.23 bits per heavy atom. The van der Waals surface area contributed by atoms with Gasteiger partial charge in [-0.2, -0.15) is 4.39 Å². The minimum absolute atomic E-state index is 0.160. The van der Waals surface area contributed by atoms with E-state index in [1.54, 1.807) is 18.2 Å². The molecule has 0 bridgehead atoms. The molecule has 0 saturated carbocycles. The van der Waals surface area contributed by atoms with Gasteiger partial charge in [-0.15, -0.1) is 10.2 Å². The van der Waals surface area contributed by atoms with Crippen molar-refractivity contribution in [3.05, 3.63) is 92.3 Å². The molecule has 0 saturated heterocycles. The Bertz CT molecular complexity index is 1300. The fraction of sp³-hybridized carbons (Fsp3) is 0.174. The predicted octanol–water partition coefficient (Wildman–Crippen LogP) is 6.04. The van der Waals surface area contributed by atoms with Gasteiger partial charge in [0.2, 0.25) is 11.7 Å². The van der Waals surface area contributed by atoms with E-state index in [9.17, 15) is 29.4 Å². The van der Waals surface area contributed by atoms with Gasteiger partial charge in [0.1, 0.15) is 5.69 Å². The average molecular weight is 480 g/mol. The molecule has 0 aliphatic heterocycles. The van der Waals surface area contributed by atoms with Crippen LogP contribution in [0.2, 0.25) is 0 Å². The molecule has 0 atom stereocenters. The van der Waals surface area contributed by atoms with Crippen LogP contribution in [0.25, 0.3) is 0 Å². The average Bonchev–Trinajstić information content (AvgIpc) is 2.81. The number of hydrogen-bond acceptors (Lipinski definition) is 8. The van der Waals surface area contributed by atoms with E-state index in [1.165, 1.54) is 6.92 Å². The summed E-state index contributed by atoms with van der Waals surface area (Å²) in [7, 11) is 0. The quantitative estimate of drug-likeness (QED) is 0.224. The van der Waals surface area contributed by atoms with E-state index in [2.05, 4.69) is 20.4 Å². The molecule has 0 spiro atoms. The number of hydrogen-bond donors (Lipinski definition) is 1. The molecule has 0 heterocycles. The highest BCUT2D eigenvalue weighted by molar-refractivity contribution is 5.93. The topological polar surface area (TPSA) is 143 Å². The third-order valence-electron chi connectivity index (χ3n) is 4.96. The van der Waals surface area contributed by atoms with Crippen molar-refractivity contribution in [1.29, 1.82) is 0 Å². The Hall–Kier alpha value is -4.74. The maximum atomic E-state index is 14.1. The third kappa shape index (κ3) is 6.19. The summed E-state index contributed by atoms with van der Waals surface area (Å²) in [5, 5.41) is 32.6. The zero-order valence-corrected chi connectivity index (χ0v) is 18.8. The first-order valence-electron chi connectivity index (χ1n) is 10.4. The van der Waals surface area contributed by atoms with Crippen LogP contribution in [-0.2, 0) is 11.3 Å². The fourth-order valence-electron chi connectivity index (χ4n) is 3.30. The molecule has 0 unspecified atom stereocenters. The van der Waals surface area contributed by atoms with Crippen molar-refractivity contribution in [3.63, 3.8) is 0 Å². The minimum atomic E-state index is -1.29. The van der Waals surface area contributed by atoms with E-state index in [0.29, 0.717) is 25.2 Å². The first-order chi connectivity index (χ1) is 16.7. The van der Waals surface area contributed by atoms with Gasteiger partial charge >= 0.3 is 11.4 Å². The van der Waals surface area contributed by atoms with Crippen LogP contribution in [0.3, 0.4) is 0 Å². The van der Waals surface area contributed by atoms with Crippen molar-refractivity contribution < 1.29 is 19.0 Å².